The fourth-order valence-electron chi connectivity index (χ4n) is 14.5. The Balaban J connectivity index is 1.12. The number of allylic oxidation sites excluding steroid dienone is 3. The molecule has 0 spiro atoms. The van der Waals surface area contributed by atoms with E-state index in [0.717, 1.165) is 25.7 Å². The summed E-state index contributed by atoms with van der Waals surface area (Å²) in [5.74, 6) is -0.0689. The fraction of sp³-hybridized carbons (Fsp3) is 0.917. The van der Waals surface area contributed by atoms with E-state index in [9.17, 15) is 61.3 Å². The third-order valence-electron chi connectivity index (χ3n) is 19.0. The highest BCUT2D eigenvalue weighted by Crippen LogP contribution is 2.74. The van der Waals surface area contributed by atoms with Crippen molar-refractivity contribution in [1.29, 1.82) is 0 Å². The van der Waals surface area contributed by atoms with Gasteiger partial charge in [0, 0.05) is 16.2 Å². The van der Waals surface area contributed by atoms with Gasteiger partial charge >= 0.3 is 0 Å². The zero-order chi connectivity index (χ0) is 48.3. The maximum absolute atomic E-state index is 12.1. The van der Waals surface area contributed by atoms with Crippen LogP contribution in [0.2, 0.25) is 0 Å². The second-order valence-corrected chi connectivity index (χ2v) is 23.1. The Kier molecular flexibility index (Phi) is 14.0. The summed E-state index contributed by atoms with van der Waals surface area (Å²) in [6, 6.07) is 0. The van der Waals surface area contributed by atoms with Crippen molar-refractivity contribution in [3.63, 3.8) is 0 Å². The van der Waals surface area contributed by atoms with Crippen LogP contribution in [0.1, 0.15) is 99.8 Å². The van der Waals surface area contributed by atoms with Crippen LogP contribution in [-0.4, -0.2) is 192 Å². The predicted molar refractivity (Wildman–Crippen MR) is 231 cm³/mol. The second kappa shape index (κ2) is 18.1. The van der Waals surface area contributed by atoms with E-state index in [-0.39, 0.29) is 41.3 Å². The lowest BCUT2D eigenvalue weighted by molar-refractivity contribution is -0.398. The molecule has 378 valence electrons. The fourth-order valence-corrected chi connectivity index (χ4v) is 14.5. The SMILES string of the molecule is C[C@H]1O[C@@H](O[C@H]2CC[C@@]3(C)[C@@H](CC[C@]4(C)[C@@H]3C=CC3=C5CC(C)(C)CC[C@]5(CO)[C@@H](O)C[C@]34C)[C@]2(C)CO)[C@H](O[C@H]2O[C@H](CO)[C@@H](O)[C@H](O)[C@H]2O)[C@@H](O[C@@H]2O[C@H](CO)[C@@H](O)[C@H](O)[C@H]2O)[C@H]1O. The molecule has 8 rings (SSSR count). The van der Waals surface area contributed by atoms with Gasteiger partial charge in [-0.2, -0.15) is 0 Å². The summed E-state index contributed by atoms with van der Waals surface area (Å²) >= 11 is 0. The Morgan fingerprint density at radius 1 is 0.621 bits per heavy atom. The number of aliphatic hydroxyl groups is 12. The van der Waals surface area contributed by atoms with Gasteiger partial charge in [-0.05, 0) is 91.9 Å². The quantitative estimate of drug-likeness (QED) is 0.123. The molecule has 66 heavy (non-hydrogen) atoms. The van der Waals surface area contributed by atoms with Crippen molar-refractivity contribution in [2.45, 2.75) is 204 Å². The molecular weight excluding hydrogens is 865 g/mol. The molecule has 6 fully saturated rings. The van der Waals surface area contributed by atoms with Gasteiger partial charge in [-0.25, -0.2) is 0 Å². The molecule has 0 aromatic heterocycles. The zero-order valence-electron chi connectivity index (χ0n) is 39.4. The van der Waals surface area contributed by atoms with Gasteiger partial charge in [0.1, 0.15) is 67.1 Å². The van der Waals surface area contributed by atoms with Gasteiger partial charge in [0.15, 0.2) is 18.9 Å². The first-order valence-corrected chi connectivity index (χ1v) is 24.1. The number of hydrogen-bond donors (Lipinski definition) is 12. The van der Waals surface area contributed by atoms with Crippen LogP contribution in [0.3, 0.4) is 0 Å². The van der Waals surface area contributed by atoms with Gasteiger partial charge in [-0.15, -0.1) is 0 Å². The molecule has 3 saturated heterocycles. The number of fused-ring (bicyclic) bond motifs is 6. The molecule has 3 aliphatic heterocycles. The summed E-state index contributed by atoms with van der Waals surface area (Å²) in [6.45, 7) is 13.1. The minimum absolute atomic E-state index is 0.0262. The summed E-state index contributed by atoms with van der Waals surface area (Å²) < 4.78 is 37.1. The Morgan fingerprint density at radius 2 is 1.21 bits per heavy atom. The van der Waals surface area contributed by atoms with Gasteiger partial charge < -0.3 is 89.7 Å². The maximum atomic E-state index is 12.1. The summed E-state index contributed by atoms with van der Waals surface area (Å²) in [6.07, 6.45) is -15.5. The van der Waals surface area contributed by atoms with Gasteiger partial charge in [-0.1, -0.05) is 59.3 Å². The number of ether oxygens (including phenoxy) is 6. The molecular formula is C48H78O18. The molecule has 12 N–H and O–H groups in total. The molecule has 24 atom stereocenters. The van der Waals surface area contributed by atoms with Crippen molar-refractivity contribution in [3.8, 4) is 0 Å². The molecule has 8 aliphatic rings. The molecule has 0 amide bonds. The van der Waals surface area contributed by atoms with Crippen LogP contribution in [0.5, 0.6) is 0 Å². The van der Waals surface area contributed by atoms with E-state index in [1.807, 2.05) is 6.92 Å². The van der Waals surface area contributed by atoms with Crippen molar-refractivity contribution >= 4 is 0 Å². The molecule has 5 aliphatic carbocycles. The van der Waals surface area contributed by atoms with Gasteiger partial charge in [0.2, 0.25) is 0 Å². The van der Waals surface area contributed by atoms with Crippen molar-refractivity contribution in [2.24, 2.45) is 44.3 Å². The smallest absolute Gasteiger partial charge is 0.187 e. The molecule has 0 unspecified atom stereocenters. The summed E-state index contributed by atoms with van der Waals surface area (Å²) in [5, 5.41) is 131. The average Bonchev–Trinajstić information content (AvgIpc) is 3.27. The molecule has 18 nitrogen and oxygen atoms in total. The minimum Gasteiger partial charge on any atom is -0.396 e. The Labute approximate surface area is 387 Å². The lowest BCUT2D eigenvalue weighted by atomic mass is 9.35. The van der Waals surface area contributed by atoms with E-state index in [1.165, 1.54) is 11.1 Å². The minimum atomic E-state index is -1.89. The lowest BCUT2D eigenvalue weighted by Gasteiger charge is -2.70. The van der Waals surface area contributed by atoms with E-state index < -0.39 is 134 Å². The van der Waals surface area contributed by atoms with Gasteiger partial charge in [-0.3, -0.25) is 0 Å². The highest BCUT2D eigenvalue weighted by atomic mass is 16.8. The average molecular weight is 943 g/mol. The number of aliphatic hydroxyl groups excluding tert-OH is 12. The van der Waals surface area contributed by atoms with Crippen LogP contribution in [0.4, 0.5) is 0 Å². The van der Waals surface area contributed by atoms with E-state index in [2.05, 4.69) is 46.8 Å². The Morgan fingerprint density at radius 3 is 1.77 bits per heavy atom. The Bertz CT molecular complexity index is 1810. The number of rotatable bonds is 10. The molecule has 3 saturated carbocycles. The number of hydrogen-bond acceptors (Lipinski definition) is 18. The van der Waals surface area contributed by atoms with E-state index in [4.69, 9.17) is 28.4 Å². The maximum Gasteiger partial charge on any atom is 0.187 e. The molecule has 0 bridgehead atoms. The molecule has 0 aromatic carbocycles. The summed E-state index contributed by atoms with van der Waals surface area (Å²) in [5.41, 5.74) is -0.168. The van der Waals surface area contributed by atoms with Gasteiger partial charge in [0.05, 0.1) is 44.7 Å². The monoisotopic (exact) mass is 943 g/mol. The van der Waals surface area contributed by atoms with Crippen LogP contribution < -0.4 is 0 Å². The van der Waals surface area contributed by atoms with Crippen molar-refractivity contribution in [3.05, 3.63) is 23.3 Å². The first-order valence-electron chi connectivity index (χ1n) is 24.1. The normalized spacial score (nSPS) is 54.8. The summed E-state index contributed by atoms with van der Waals surface area (Å²) in [7, 11) is 0. The van der Waals surface area contributed by atoms with Crippen LogP contribution in [-0.2, 0) is 28.4 Å². The largest absolute Gasteiger partial charge is 0.396 e. The summed E-state index contributed by atoms with van der Waals surface area (Å²) in [4.78, 5) is 0. The standard InChI is InChI=1S/C48H78O18/c1-22-31(54)38(65-40-36(59)34(57)32(55)25(18-49)62-40)39(66-41-37(60)35(58)33(56)26(19-50)63-41)42(61-22)64-30-11-12-44(4)27(45(30,5)20-51)10-13-46(6)28(44)9-8-23-24-16-43(2,3)14-15-48(24,21-52)29(53)17-47(23,46)7/h8-9,22,25-42,49-60H,10-21H2,1-7H3/t22-,25-,26-,27-,28-,29+,30+,31+,32-,33-,34+,35+,36-,37-,38+,39-,40+,41-,42+,44+,45+,46-,47-,48-/m1/s1. The van der Waals surface area contributed by atoms with E-state index in [0.29, 0.717) is 25.7 Å². The Hall–Kier alpha value is -1.24. The third kappa shape index (κ3) is 7.75. The topological polar surface area (TPSA) is 298 Å². The first kappa shape index (κ1) is 51.1. The zero-order valence-corrected chi connectivity index (χ0v) is 39.4. The highest BCUT2D eigenvalue weighted by molar-refractivity contribution is 5.47. The second-order valence-electron chi connectivity index (χ2n) is 23.1. The van der Waals surface area contributed by atoms with Crippen molar-refractivity contribution < 1.29 is 89.7 Å². The predicted octanol–water partition coefficient (Wildman–Crippen LogP) is -0.495. The first-order chi connectivity index (χ1) is 30.9. The molecule has 18 heteroatoms. The van der Waals surface area contributed by atoms with Gasteiger partial charge in [0.25, 0.3) is 0 Å². The van der Waals surface area contributed by atoms with E-state index >= 15 is 0 Å². The van der Waals surface area contributed by atoms with Crippen LogP contribution in [0.15, 0.2) is 23.3 Å². The van der Waals surface area contributed by atoms with E-state index in [1.54, 1.807) is 6.92 Å². The molecule has 0 radical (unpaired) electrons. The molecule has 0 aromatic rings. The van der Waals surface area contributed by atoms with Crippen LogP contribution >= 0.6 is 0 Å². The van der Waals surface area contributed by atoms with Crippen molar-refractivity contribution in [1.82, 2.24) is 0 Å². The molecule has 3 heterocycles. The van der Waals surface area contributed by atoms with Crippen molar-refractivity contribution in [2.75, 3.05) is 26.4 Å². The lowest BCUT2D eigenvalue weighted by Crippen LogP contribution is -2.68. The third-order valence-corrected chi connectivity index (χ3v) is 19.0. The highest BCUT2D eigenvalue weighted by Gasteiger charge is 2.69. The van der Waals surface area contributed by atoms with Crippen LogP contribution in [0.25, 0.3) is 0 Å². The van der Waals surface area contributed by atoms with Crippen LogP contribution in [0, 0.1) is 44.3 Å².